The smallest absolute Gasteiger partial charge is 0.387 e. The summed E-state index contributed by atoms with van der Waals surface area (Å²) in [7, 11) is 1.50. The molecule has 0 aromatic heterocycles. The normalized spacial score (nSPS) is 14.8. The first kappa shape index (κ1) is 67.2. The van der Waals surface area contributed by atoms with Crippen LogP contribution in [-0.4, -0.2) is 73.4 Å². The lowest BCUT2D eigenvalue weighted by Gasteiger charge is -2.25. The number of aliphatic hydroxyl groups is 1. The van der Waals surface area contributed by atoms with Gasteiger partial charge in [-0.25, -0.2) is 4.57 Å². The van der Waals surface area contributed by atoms with Crippen LogP contribution in [0.15, 0.2) is 109 Å². The van der Waals surface area contributed by atoms with Gasteiger partial charge >= 0.3 is 7.82 Å². The molecule has 402 valence electrons. The first-order chi connectivity index (χ1) is 34.0. The van der Waals surface area contributed by atoms with E-state index in [1.807, 2.05) is 27.2 Å². The number of allylic oxidation sites excluding steroid dienone is 17. The summed E-state index contributed by atoms with van der Waals surface area (Å²) in [6, 6.07) is -0.903. The second kappa shape index (κ2) is 51.1. The van der Waals surface area contributed by atoms with Gasteiger partial charge in [0.25, 0.3) is 0 Å². The summed E-state index contributed by atoms with van der Waals surface area (Å²) in [4.78, 5) is 23.3. The summed E-state index contributed by atoms with van der Waals surface area (Å²) < 4.78 is 23.6. The van der Waals surface area contributed by atoms with Crippen LogP contribution >= 0.6 is 7.82 Å². The number of phosphoric ester groups is 1. The summed E-state index contributed by atoms with van der Waals surface area (Å²) in [5.74, 6) is -0.247. The number of quaternary nitrogens is 1. The number of likely N-dealkylation sites (N-methyl/N-ethyl adjacent to an activating group) is 1. The van der Waals surface area contributed by atoms with Crippen LogP contribution in [0.25, 0.3) is 0 Å². The lowest BCUT2D eigenvalue weighted by molar-refractivity contribution is -0.870. The van der Waals surface area contributed by atoms with Gasteiger partial charge in [0.2, 0.25) is 5.91 Å². The highest BCUT2D eigenvalue weighted by molar-refractivity contribution is 7.47. The summed E-state index contributed by atoms with van der Waals surface area (Å²) >= 11 is 0. The van der Waals surface area contributed by atoms with E-state index >= 15 is 0 Å². The van der Waals surface area contributed by atoms with Gasteiger partial charge in [-0.2, -0.15) is 0 Å². The molecular weight excluding hydrogens is 888 g/mol. The van der Waals surface area contributed by atoms with Crippen LogP contribution in [-0.2, 0) is 18.4 Å². The van der Waals surface area contributed by atoms with Gasteiger partial charge in [0, 0.05) is 6.42 Å². The Labute approximate surface area is 431 Å². The minimum absolute atomic E-state index is 0.0391. The van der Waals surface area contributed by atoms with Crippen LogP contribution in [0, 0.1) is 0 Å². The first-order valence-electron chi connectivity index (χ1n) is 28.3. The highest BCUT2D eigenvalue weighted by Crippen LogP contribution is 2.43. The number of carbonyl (C=O) groups excluding carboxylic acids is 1. The van der Waals surface area contributed by atoms with E-state index in [0.29, 0.717) is 17.4 Å². The van der Waals surface area contributed by atoms with Crippen molar-refractivity contribution in [3.05, 3.63) is 109 Å². The average Bonchev–Trinajstić information content (AvgIpc) is 3.32. The van der Waals surface area contributed by atoms with Crippen molar-refractivity contribution in [3.8, 4) is 0 Å². The number of phosphoric acid groups is 1. The van der Waals surface area contributed by atoms with E-state index in [2.05, 4.69) is 116 Å². The maximum atomic E-state index is 12.9. The SMILES string of the molecule is CC/C=C\C/C=C\C/C=C\C/C=C\C/C=C\C/C=C\C/C=C\CCCC(=O)NC(COP(=O)(O)OCC[N+](C)(C)C)C(O)/C=C/CC/C=C/CCCCCCCCCCCCCCCCCCCCC. The molecule has 9 heteroatoms. The van der Waals surface area contributed by atoms with Gasteiger partial charge in [0.1, 0.15) is 13.2 Å². The van der Waals surface area contributed by atoms with Gasteiger partial charge in [-0.15, -0.1) is 0 Å². The number of rotatable bonds is 50. The molecule has 0 aliphatic rings. The molecule has 0 aliphatic carbocycles. The Morgan fingerprint density at radius 1 is 0.500 bits per heavy atom. The molecule has 0 aromatic carbocycles. The van der Waals surface area contributed by atoms with Gasteiger partial charge in [0.15, 0.2) is 0 Å². The van der Waals surface area contributed by atoms with Crippen molar-refractivity contribution in [1.82, 2.24) is 5.32 Å². The number of aliphatic hydroxyl groups excluding tert-OH is 1. The monoisotopic (exact) mass is 996 g/mol. The Hall–Kier alpha value is -2.84. The Bertz CT molecular complexity index is 1500. The number of amides is 1. The van der Waals surface area contributed by atoms with Crippen LogP contribution < -0.4 is 5.32 Å². The molecule has 3 atom stereocenters. The second-order valence-corrected chi connectivity index (χ2v) is 21.4. The van der Waals surface area contributed by atoms with E-state index in [1.54, 1.807) is 6.08 Å². The van der Waals surface area contributed by atoms with Crippen LogP contribution in [0.4, 0.5) is 0 Å². The molecule has 3 unspecified atom stereocenters. The standard InChI is InChI=1S/C61H107N2O6P/c1-6-8-10-12-14-16-18-20-22-24-26-28-30-31-33-34-36-38-40-42-44-46-48-50-52-54-60(64)59(58-69-70(66,67)68-57-56-63(3,4)5)62-61(65)55-53-51-49-47-45-43-41-39-37-35-32-29-27-25-23-21-19-17-15-13-11-9-7-2/h9,11,15,17,21,23,27,29,35,37,41,43-44,46-47,49,52,54,59-60,64H,6-8,10,12-14,16,18-20,22,24-26,28,30-34,36,38-40,42,45,48,50-51,53,55-58H2,1-5H3,(H-,62,65,66,67)/p+1/b11-9-,17-15-,23-21-,29-27-,37-35-,43-41-,46-44+,49-47-,54-52+. The number of nitrogens with zero attached hydrogens (tertiary/aromatic N) is 1. The van der Waals surface area contributed by atoms with Crippen molar-refractivity contribution >= 4 is 13.7 Å². The minimum atomic E-state index is -4.38. The molecule has 0 aromatic rings. The molecule has 0 rings (SSSR count). The lowest BCUT2D eigenvalue weighted by atomic mass is 10.0. The molecule has 1 amide bonds. The Balaban J connectivity index is 4.41. The van der Waals surface area contributed by atoms with Crippen molar-refractivity contribution < 1.29 is 32.9 Å². The van der Waals surface area contributed by atoms with E-state index in [9.17, 15) is 19.4 Å². The largest absolute Gasteiger partial charge is 0.472 e. The molecule has 70 heavy (non-hydrogen) atoms. The van der Waals surface area contributed by atoms with Crippen LogP contribution in [0.5, 0.6) is 0 Å². The van der Waals surface area contributed by atoms with Crippen molar-refractivity contribution in [2.45, 2.75) is 231 Å². The van der Waals surface area contributed by atoms with Crippen molar-refractivity contribution in [2.75, 3.05) is 40.9 Å². The van der Waals surface area contributed by atoms with Gasteiger partial charge in [-0.05, 0) is 83.5 Å². The quantitative estimate of drug-likeness (QED) is 0.0243. The summed E-state index contributed by atoms with van der Waals surface area (Å²) in [6.45, 7) is 4.64. The zero-order valence-corrected chi connectivity index (χ0v) is 46.6. The number of hydrogen-bond acceptors (Lipinski definition) is 5. The van der Waals surface area contributed by atoms with Crippen molar-refractivity contribution in [3.63, 3.8) is 0 Å². The molecule has 0 radical (unpaired) electrons. The fourth-order valence-corrected chi connectivity index (χ4v) is 8.31. The van der Waals surface area contributed by atoms with Gasteiger partial charge in [0.05, 0.1) is 39.9 Å². The molecule has 8 nitrogen and oxygen atoms in total. The topological polar surface area (TPSA) is 105 Å². The van der Waals surface area contributed by atoms with Crippen LogP contribution in [0.2, 0.25) is 0 Å². The third kappa shape index (κ3) is 53.0. The molecule has 0 saturated carbocycles. The van der Waals surface area contributed by atoms with E-state index < -0.39 is 20.0 Å². The average molecular weight is 997 g/mol. The number of nitrogens with one attached hydrogen (secondary N) is 1. The number of unbranched alkanes of at least 4 members (excludes halogenated alkanes) is 21. The summed E-state index contributed by atoms with van der Waals surface area (Å²) in [5.41, 5.74) is 0. The Morgan fingerprint density at radius 3 is 1.31 bits per heavy atom. The predicted molar refractivity (Wildman–Crippen MR) is 304 cm³/mol. The van der Waals surface area contributed by atoms with Crippen molar-refractivity contribution in [1.29, 1.82) is 0 Å². The molecule has 0 spiro atoms. The minimum Gasteiger partial charge on any atom is -0.387 e. The molecule has 0 saturated heterocycles. The second-order valence-electron chi connectivity index (χ2n) is 19.9. The van der Waals surface area contributed by atoms with E-state index in [4.69, 9.17) is 9.05 Å². The molecule has 0 heterocycles. The molecular formula is C61H108N2O6P+. The molecule has 0 fully saturated rings. The summed E-state index contributed by atoms with van der Waals surface area (Å²) in [5, 5.41) is 13.9. The van der Waals surface area contributed by atoms with E-state index in [-0.39, 0.29) is 25.5 Å². The van der Waals surface area contributed by atoms with Crippen molar-refractivity contribution in [2.24, 2.45) is 0 Å². The van der Waals surface area contributed by atoms with E-state index in [1.165, 1.54) is 122 Å². The van der Waals surface area contributed by atoms with Crippen LogP contribution in [0.1, 0.15) is 219 Å². The molecule has 3 N–H and O–H groups in total. The number of carbonyl (C=O) groups is 1. The predicted octanol–water partition coefficient (Wildman–Crippen LogP) is 17.2. The lowest BCUT2D eigenvalue weighted by Crippen LogP contribution is -2.45. The van der Waals surface area contributed by atoms with Crippen LogP contribution in [0.3, 0.4) is 0 Å². The zero-order chi connectivity index (χ0) is 51.3. The fourth-order valence-electron chi connectivity index (χ4n) is 7.58. The van der Waals surface area contributed by atoms with E-state index in [0.717, 1.165) is 70.6 Å². The highest BCUT2D eigenvalue weighted by atomic mass is 31.2. The Kier molecular flexibility index (Phi) is 49.0. The van der Waals surface area contributed by atoms with Gasteiger partial charge in [-0.3, -0.25) is 13.8 Å². The zero-order valence-electron chi connectivity index (χ0n) is 45.7. The maximum Gasteiger partial charge on any atom is 0.472 e. The third-order valence-electron chi connectivity index (χ3n) is 12.0. The fraction of sp³-hybridized carbons (Fsp3) is 0.689. The van der Waals surface area contributed by atoms with Gasteiger partial charge in [-0.1, -0.05) is 239 Å². The Morgan fingerprint density at radius 2 is 0.871 bits per heavy atom. The summed E-state index contributed by atoms with van der Waals surface area (Å²) in [6.07, 6.45) is 74.9. The number of hydrogen-bond donors (Lipinski definition) is 3. The van der Waals surface area contributed by atoms with Gasteiger partial charge < -0.3 is 19.8 Å². The third-order valence-corrected chi connectivity index (χ3v) is 13.0. The highest BCUT2D eigenvalue weighted by Gasteiger charge is 2.27. The maximum absolute atomic E-state index is 12.9. The molecule has 0 aliphatic heterocycles. The first-order valence-corrected chi connectivity index (χ1v) is 29.8. The molecule has 0 bridgehead atoms.